The second-order valence-electron chi connectivity index (χ2n) is 5.62. The van der Waals surface area contributed by atoms with Crippen molar-refractivity contribution in [2.45, 2.75) is 46.5 Å². The summed E-state index contributed by atoms with van der Waals surface area (Å²) in [6.07, 6.45) is 1.21. The predicted molar refractivity (Wildman–Crippen MR) is 74.4 cm³/mol. The molecule has 0 bridgehead atoms. The third-order valence-corrected chi connectivity index (χ3v) is 3.91. The summed E-state index contributed by atoms with van der Waals surface area (Å²) >= 11 is 1.85. The molecule has 92 valence electrons. The Morgan fingerprint density at radius 3 is 2.56 bits per heavy atom. The molecule has 0 saturated carbocycles. The molecular weight excluding hydrogens is 214 g/mol. The van der Waals surface area contributed by atoms with Gasteiger partial charge in [0, 0.05) is 4.88 Å². The number of nitrogens with one attached hydrogen (secondary N) is 1. The van der Waals surface area contributed by atoms with E-state index < -0.39 is 0 Å². The van der Waals surface area contributed by atoms with Crippen molar-refractivity contribution in [3.8, 4) is 0 Å². The minimum absolute atomic E-state index is 0.300. The molecule has 0 radical (unpaired) electrons. The van der Waals surface area contributed by atoms with E-state index in [0.717, 1.165) is 19.0 Å². The van der Waals surface area contributed by atoms with Crippen LogP contribution in [-0.2, 0) is 5.41 Å². The Labute approximate surface area is 104 Å². The van der Waals surface area contributed by atoms with Crippen LogP contribution in [0.15, 0.2) is 11.4 Å². The molecule has 0 fully saturated rings. The highest BCUT2D eigenvalue weighted by Gasteiger charge is 2.22. The summed E-state index contributed by atoms with van der Waals surface area (Å²) in [7, 11) is 0. The minimum atomic E-state index is 0.300. The van der Waals surface area contributed by atoms with Crippen molar-refractivity contribution in [1.29, 1.82) is 0 Å². The topological polar surface area (TPSA) is 12.0 Å². The monoisotopic (exact) mass is 239 g/mol. The van der Waals surface area contributed by atoms with Gasteiger partial charge in [0.2, 0.25) is 0 Å². The van der Waals surface area contributed by atoms with Gasteiger partial charge >= 0.3 is 0 Å². The van der Waals surface area contributed by atoms with Gasteiger partial charge < -0.3 is 5.32 Å². The Bertz CT molecular complexity index is 312. The van der Waals surface area contributed by atoms with Gasteiger partial charge in [-0.1, -0.05) is 27.7 Å². The fraction of sp³-hybridized carbons (Fsp3) is 0.714. The molecule has 0 aromatic carbocycles. The van der Waals surface area contributed by atoms with Crippen LogP contribution in [0.25, 0.3) is 0 Å². The Morgan fingerprint density at radius 2 is 2.06 bits per heavy atom. The maximum atomic E-state index is 3.53. The van der Waals surface area contributed by atoms with Crippen LogP contribution in [0.1, 0.15) is 44.6 Å². The summed E-state index contributed by atoms with van der Waals surface area (Å²) in [4.78, 5) is 1.47. The third kappa shape index (κ3) is 3.91. The van der Waals surface area contributed by atoms with Crippen molar-refractivity contribution >= 4 is 11.3 Å². The van der Waals surface area contributed by atoms with Crippen molar-refractivity contribution < 1.29 is 0 Å². The van der Waals surface area contributed by atoms with E-state index in [-0.39, 0.29) is 0 Å². The normalized spacial score (nSPS) is 12.4. The summed E-state index contributed by atoms with van der Waals surface area (Å²) in [6.45, 7) is 13.7. The molecule has 1 heterocycles. The average molecular weight is 239 g/mol. The molecule has 1 aromatic rings. The molecule has 2 heteroatoms. The van der Waals surface area contributed by atoms with Crippen LogP contribution in [0.2, 0.25) is 0 Å². The highest BCUT2D eigenvalue weighted by molar-refractivity contribution is 7.10. The molecule has 16 heavy (non-hydrogen) atoms. The van der Waals surface area contributed by atoms with Crippen LogP contribution in [-0.4, -0.2) is 13.1 Å². The third-order valence-electron chi connectivity index (χ3n) is 3.07. The number of hydrogen-bond acceptors (Lipinski definition) is 2. The first-order valence-corrected chi connectivity index (χ1v) is 7.07. The quantitative estimate of drug-likeness (QED) is 0.741. The lowest BCUT2D eigenvalue weighted by atomic mass is 9.82. The summed E-state index contributed by atoms with van der Waals surface area (Å²) in [5.41, 5.74) is 1.82. The van der Waals surface area contributed by atoms with Crippen LogP contribution in [0.5, 0.6) is 0 Å². The first kappa shape index (κ1) is 13.7. The van der Waals surface area contributed by atoms with E-state index >= 15 is 0 Å². The lowest BCUT2D eigenvalue weighted by molar-refractivity contribution is 0.442. The van der Waals surface area contributed by atoms with Crippen LogP contribution in [0, 0.1) is 12.8 Å². The molecule has 0 amide bonds. The van der Waals surface area contributed by atoms with Crippen molar-refractivity contribution in [3.63, 3.8) is 0 Å². The Balaban J connectivity index is 2.43. The van der Waals surface area contributed by atoms with E-state index in [9.17, 15) is 0 Å². The van der Waals surface area contributed by atoms with Gasteiger partial charge in [-0.3, -0.25) is 0 Å². The molecule has 0 aliphatic rings. The molecule has 0 unspecified atom stereocenters. The molecular formula is C14H25NS. The average Bonchev–Trinajstić information content (AvgIpc) is 2.59. The Hall–Kier alpha value is -0.340. The molecule has 1 nitrogen and oxygen atoms in total. The van der Waals surface area contributed by atoms with Crippen molar-refractivity contribution in [2.24, 2.45) is 5.92 Å². The van der Waals surface area contributed by atoms with Crippen molar-refractivity contribution in [3.05, 3.63) is 21.9 Å². The highest BCUT2D eigenvalue weighted by atomic mass is 32.1. The maximum Gasteiger partial charge on any atom is 0.00516 e. The first-order chi connectivity index (χ1) is 7.43. The molecule has 0 atom stereocenters. The summed E-state index contributed by atoms with van der Waals surface area (Å²) in [5, 5.41) is 5.73. The fourth-order valence-corrected chi connectivity index (χ4v) is 2.89. The largest absolute Gasteiger partial charge is 0.316 e. The van der Waals surface area contributed by atoms with E-state index in [1.807, 2.05) is 11.3 Å². The summed E-state index contributed by atoms with van der Waals surface area (Å²) < 4.78 is 0. The standard InChI is InChI=1S/C14H25NS/c1-11(2)10-15-8-7-14(4,5)13-6-9-16-12(13)3/h6,9,11,15H,7-8,10H2,1-5H3. The lowest BCUT2D eigenvalue weighted by Gasteiger charge is -2.25. The van der Waals surface area contributed by atoms with Gasteiger partial charge in [-0.25, -0.2) is 0 Å². The van der Waals surface area contributed by atoms with Gasteiger partial charge in [0.15, 0.2) is 0 Å². The van der Waals surface area contributed by atoms with E-state index in [1.54, 1.807) is 0 Å². The summed E-state index contributed by atoms with van der Waals surface area (Å²) in [5.74, 6) is 0.742. The number of thiophene rings is 1. The molecule has 1 aromatic heterocycles. The zero-order chi connectivity index (χ0) is 12.2. The smallest absolute Gasteiger partial charge is 0.00516 e. The van der Waals surface area contributed by atoms with Gasteiger partial charge in [-0.2, -0.15) is 0 Å². The predicted octanol–water partition coefficient (Wildman–Crippen LogP) is 3.97. The zero-order valence-electron chi connectivity index (χ0n) is 11.3. The van der Waals surface area contributed by atoms with Gasteiger partial charge in [0.05, 0.1) is 0 Å². The molecule has 0 aliphatic heterocycles. The van der Waals surface area contributed by atoms with Crippen molar-refractivity contribution in [1.82, 2.24) is 5.32 Å². The minimum Gasteiger partial charge on any atom is -0.316 e. The molecule has 0 saturated heterocycles. The van der Waals surface area contributed by atoms with Gasteiger partial charge in [-0.05, 0) is 54.8 Å². The van der Waals surface area contributed by atoms with Gasteiger partial charge in [0.1, 0.15) is 0 Å². The Morgan fingerprint density at radius 1 is 1.38 bits per heavy atom. The molecule has 0 spiro atoms. The van der Waals surface area contributed by atoms with Gasteiger partial charge in [0.25, 0.3) is 0 Å². The Kier molecular flexibility index (Phi) is 5.00. The van der Waals surface area contributed by atoms with E-state index in [1.165, 1.54) is 16.9 Å². The van der Waals surface area contributed by atoms with Crippen LogP contribution in [0.3, 0.4) is 0 Å². The summed E-state index contributed by atoms with van der Waals surface area (Å²) in [6, 6.07) is 2.28. The van der Waals surface area contributed by atoms with E-state index in [4.69, 9.17) is 0 Å². The van der Waals surface area contributed by atoms with Gasteiger partial charge in [-0.15, -0.1) is 11.3 Å². The number of aryl methyl sites for hydroxylation is 1. The lowest BCUT2D eigenvalue weighted by Crippen LogP contribution is -2.27. The van der Waals surface area contributed by atoms with Crippen LogP contribution >= 0.6 is 11.3 Å². The van der Waals surface area contributed by atoms with E-state index in [2.05, 4.69) is 51.4 Å². The number of hydrogen-bond donors (Lipinski definition) is 1. The SMILES string of the molecule is Cc1sccc1C(C)(C)CCNCC(C)C. The molecule has 1 rings (SSSR count). The van der Waals surface area contributed by atoms with Crippen LogP contribution < -0.4 is 5.32 Å². The second kappa shape index (κ2) is 5.83. The zero-order valence-corrected chi connectivity index (χ0v) is 12.1. The van der Waals surface area contributed by atoms with E-state index in [0.29, 0.717) is 5.41 Å². The second-order valence-corrected chi connectivity index (χ2v) is 6.74. The fourth-order valence-electron chi connectivity index (χ4n) is 2.01. The van der Waals surface area contributed by atoms with Crippen molar-refractivity contribution in [2.75, 3.05) is 13.1 Å². The van der Waals surface area contributed by atoms with Crippen LogP contribution in [0.4, 0.5) is 0 Å². The first-order valence-electron chi connectivity index (χ1n) is 6.19. The number of rotatable bonds is 6. The molecule has 0 aliphatic carbocycles. The highest BCUT2D eigenvalue weighted by Crippen LogP contribution is 2.31. The maximum absolute atomic E-state index is 3.53. The molecule has 1 N–H and O–H groups in total.